The summed E-state index contributed by atoms with van der Waals surface area (Å²) in [6.07, 6.45) is -1.03. The highest BCUT2D eigenvalue weighted by molar-refractivity contribution is 6.24. The van der Waals surface area contributed by atoms with Crippen molar-refractivity contribution in [2.75, 3.05) is 31.3 Å². The van der Waals surface area contributed by atoms with Gasteiger partial charge < -0.3 is 14.2 Å². The Kier molecular flexibility index (Phi) is 6.07. The van der Waals surface area contributed by atoms with E-state index < -0.39 is 35.8 Å². The molecule has 3 aromatic carbocycles. The lowest BCUT2D eigenvalue weighted by Gasteiger charge is -2.29. The van der Waals surface area contributed by atoms with Gasteiger partial charge in [-0.3, -0.25) is 14.4 Å². The first-order chi connectivity index (χ1) is 17.5. The number of carbonyl (C=O) groups excluding carboxylic acids is 3. The highest BCUT2D eigenvalue weighted by Gasteiger charge is 2.60. The number of para-hydroxylation sites is 1. The number of hydrogen-bond donors (Lipinski definition) is 0. The van der Waals surface area contributed by atoms with Crippen molar-refractivity contribution in [2.45, 2.75) is 12.1 Å². The van der Waals surface area contributed by atoms with Crippen LogP contribution in [-0.2, 0) is 19.2 Å². The van der Waals surface area contributed by atoms with E-state index in [0.717, 1.165) is 4.90 Å². The number of rotatable bonds is 6. The molecule has 3 aromatic rings. The van der Waals surface area contributed by atoms with Crippen LogP contribution in [-0.4, -0.2) is 45.2 Å². The molecule has 5 rings (SSSR count). The zero-order chi connectivity index (χ0) is 25.4. The van der Waals surface area contributed by atoms with Crippen molar-refractivity contribution in [1.82, 2.24) is 0 Å². The van der Waals surface area contributed by atoms with E-state index in [0.29, 0.717) is 34.0 Å². The van der Waals surface area contributed by atoms with E-state index >= 15 is 0 Å². The summed E-state index contributed by atoms with van der Waals surface area (Å²) in [7, 11) is 4.38. The van der Waals surface area contributed by atoms with Crippen molar-refractivity contribution in [3.05, 3.63) is 83.9 Å². The van der Waals surface area contributed by atoms with Crippen LogP contribution in [0.2, 0.25) is 0 Å². The van der Waals surface area contributed by atoms with Crippen molar-refractivity contribution >= 4 is 29.2 Å². The zero-order valence-electron chi connectivity index (χ0n) is 19.9. The molecule has 0 unspecified atom stereocenters. The summed E-state index contributed by atoms with van der Waals surface area (Å²) in [5.41, 5.74) is 2.04. The van der Waals surface area contributed by atoms with E-state index in [-0.39, 0.29) is 0 Å². The molecule has 0 bridgehead atoms. The van der Waals surface area contributed by atoms with Crippen LogP contribution in [0, 0.1) is 5.92 Å². The number of methoxy groups -OCH3 is 3. The Morgan fingerprint density at radius 2 is 1.56 bits per heavy atom. The monoisotopic (exact) mass is 488 g/mol. The second-order valence-electron chi connectivity index (χ2n) is 8.32. The van der Waals surface area contributed by atoms with Gasteiger partial charge in [0.05, 0.1) is 44.3 Å². The van der Waals surface area contributed by atoms with Crippen LogP contribution < -0.4 is 19.4 Å². The molecule has 3 atom stereocenters. The van der Waals surface area contributed by atoms with Crippen molar-refractivity contribution in [3.63, 3.8) is 0 Å². The summed E-state index contributed by atoms with van der Waals surface area (Å²) in [4.78, 5) is 46.4. The molecule has 9 heteroatoms. The fourth-order valence-electron chi connectivity index (χ4n) is 4.71. The summed E-state index contributed by atoms with van der Waals surface area (Å²) in [5, 5.41) is 1.60. The molecule has 2 saturated heterocycles. The second-order valence-corrected chi connectivity index (χ2v) is 8.32. The van der Waals surface area contributed by atoms with Gasteiger partial charge in [-0.2, -0.15) is 0 Å². The number of nitrogens with zero attached hydrogens (tertiary/aromatic N) is 2. The lowest BCUT2D eigenvalue weighted by atomic mass is 9.90. The average molecular weight is 488 g/mol. The second kappa shape index (κ2) is 9.35. The number of carbonyl (C=O) groups is 3. The van der Waals surface area contributed by atoms with Crippen LogP contribution in [0.4, 0.5) is 11.4 Å². The topological polar surface area (TPSA) is 94.6 Å². The van der Waals surface area contributed by atoms with Gasteiger partial charge in [0.15, 0.2) is 6.10 Å². The van der Waals surface area contributed by atoms with Crippen molar-refractivity contribution in [2.24, 2.45) is 5.92 Å². The Bertz CT molecular complexity index is 1310. The Morgan fingerprint density at radius 1 is 0.833 bits per heavy atom. The van der Waals surface area contributed by atoms with Gasteiger partial charge in [-0.15, -0.1) is 0 Å². The van der Waals surface area contributed by atoms with Gasteiger partial charge in [0, 0.05) is 11.6 Å². The molecular formula is C27H24N2O7. The molecular weight excluding hydrogens is 464 g/mol. The number of ether oxygens (including phenoxy) is 3. The zero-order valence-corrected chi connectivity index (χ0v) is 19.9. The highest BCUT2D eigenvalue weighted by atomic mass is 16.7. The lowest BCUT2D eigenvalue weighted by Crippen LogP contribution is -2.37. The maximum atomic E-state index is 13.8. The van der Waals surface area contributed by atoms with E-state index in [1.165, 1.54) is 26.4 Å². The molecule has 36 heavy (non-hydrogen) atoms. The Morgan fingerprint density at radius 3 is 2.19 bits per heavy atom. The third kappa shape index (κ3) is 3.74. The molecule has 0 aromatic heterocycles. The molecule has 184 valence electrons. The summed E-state index contributed by atoms with van der Waals surface area (Å²) < 4.78 is 15.7. The third-order valence-corrected chi connectivity index (χ3v) is 6.43. The standard InChI is InChI=1S/C27H24N2O7/c1-33-19-13-14-20(21(15-19)34-2)23-22-24(36-29(23)18-7-5-4-6-8-18)26(31)28(25(22)30)17-11-9-16(10-12-17)27(32)35-3/h4-15,22-24H,1-3H3/t22-,23-,24-/m0/s1. The number of anilines is 2. The fraction of sp³-hybridized carbons (Fsp3) is 0.222. The van der Waals surface area contributed by atoms with Crippen LogP contribution in [0.15, 0.2) is 72.8 Å². The predicted molar refractivity (Wildman–Crippen MR) is 130 cm³/mol. The van der Waals surface area contributed by atoms with Crippen LogP contribution >= 0.6 is 0 Å². The van der Waals surface area contributed by atoms with E-state index in [1.807, 2.05) is 36.4 Å². The molecule has 0 radical (unpaired) electrons. The number of fused-ring (bicyclic) bond motifs is 1. The van der Waals surface area contributed by atoms with Gasteiger partial charge in [-0.25, -0.2) is 14.8 Å². The van der Waals surface area contributed by atoms with Crippen LogP contribution in [0.3, 0.4) is 0 Å². The summed E-state index contributed by atoms with van der Waals surface area (Å²) in [6.45, 7) is 0. The summed E-state index contributed by atoms with van der Waals surface area (Å²) in [5.74, 6) is -1.13. The summed E-state index contributed by atoms with van der Waals surface area (Å²) in [6, 6.07) is 20.1. The van der Waals surface area contributed by atoms with E-state index in [4.69, 9.17) is 19.0 Å². The fourth-order valence-corrected chi connectivity index (χ4v) is 4.71. The molecule has 2 aliphatic heterocycles. The highest BCUT2D eigenvalue weighted by Crippen LogP contribution is 2.49. The Balaban J connectivity index is 1.57. The van der Waals surface area contributed by atoms with Crippen LogP contribution in [0.5, 0.6) is 11.5 Å². The molecule has 0 N–H and O–H groups in total. The SMILES string of the molecule is COC(=O)c1ccc(N2C(=O)[C@@H]3[C@H](ON(c4ccccc4)[C@H]3c3ccc(OC)cc3OC)C2=O)cc1. The molecule has 9 nitrogen and oxygen atoms in total. The van der Waals surface area contributed by atoms with Gasteiger partial charge >= 0.3 is 5.97 Å². The number of imide groups is 1. The number of hydroxylamine groups is 1. The van der Waals surface area contributed by atoms with Crippen molar-refractivity contribution in [1.29, 1.82) is 0 Å². The van der Waals surface area contributed by atoms with Gasteiger partial charge in [0.1, 0.15) is 17.4 Å². The normalized spacial score (nSPS) is 20.9. The van der Waals surface area contributed by atoms with Gasteiger partial charge in [0.2, 0.25) is 5.91 Å². The number of benzene rings is 3. The smallest absolute Gasteiger partial charge is 0.337 e. The molecule has 2 amide bonds. The predicted octanol–water partition coefficient (Wildman–Crippen LogP) is 3.54. The average Bonchev–Trinajstić information content (AvgIpc) is 3.43. The minimum Gasteiger partial charge on any atom is -0.497 e. The molecule has 0 aliphatic carbocycles. The minimum atomic E-state index is -1.03. The first-order valence-corrected chi connectivity index (χ1v) is 11.3. The molecule has 2 aliphatic rings. The molecule has 0 saturated carbocycles. The van der Waals surface area contributed by atoms with E-state index in [2.05, 4.69) is 0 Å². The van der Waals surface area contributed by atoms with Crippen LogP contribution in [0.25, 0.3) is 0 Å². The minimum absolute atomic E-state index is 0.313. The maximum Gasteiger partial charge on any atom is 0.337 e. The van der Waals surface area contributed by atoms with Gasteiger partial charge in [-0.1, -0.05) is 18.2 Å². The molecule has 2 fully saturated rings. The first kappa shape index (κ1) is 23.4. The van der Waals surface area contributed by atoms with Gasteiger partial charge in [0.25, 0.3) is 5.91 Å². The van der Waals surface area contributed by atoms with E-state index in [1.54, 1.807) is 36.4 Å². The number of esters is 1. The molecule has 0 spiro atoms. The van der Waals surface area contributed by atoms with Gasteiger partial charge in [-0.05, 0) is 48.5 Å². The molecule has 2 heterocycles. The maximum absolute atomic E-state index is 13.8. The Labute approximate surface area is 207 Å². The quantitative estimate of drug-likeness (QED) is 0.384. The van der Waals surface area contributed by atoms with Crippen LogP contribution in [0.1, 0.15) is 22.0 Å². The third-order valence-electron chi connectivity index (χ3n) is 6.43. The largest absolute Gasteiger partial charge is 0.497 e. The van der Waals surface area contributed by atoms with Crippen molar-refractivity contribution in [3.8, 4) is 11.5 Å². The Hall–Kier alpha value is -4.37. The number of amides is 2. The lowest BCUT2D eigenvalue weighted by molar-refractivity contribution is -0.126. The summed E-state index contributed by atoms with van der Waals surface area (Å²) >= 11 is 0. The number of hydrogen-bond acceptors (Lipinski definition) is 8. The van der Waals surface area contributed by atoms with Crippen molar-refractivity contribution < 1.29 is 33.4 Å². The van der Waals surface area contributed by atoms with E-state index in [9.17, 15) is 14.4 Å². The first-order valence-electron chi connectivity index (χ1n) is 11.3.